The van der Waals surface area contributed by atoms with Crippen molar-refractivity contribution in [3.8, 4) is 0 Å². The number of carbonyl (C=O) groups is 1. The number of aliphatic hydroxyl groups is 1. The molecule has 0 unspecified atom stereocenters. The summed E-state index contributed by atoms with van der Waals surface area (Å²) in [4.78, 5) is 13.7. The van der Waals surface area contributed by atoms with Crippen LogP contribution < -0.4 is 5.32 Å². The van der Waals surface area contributed by atoms with Gasteiger partial charge in [0.1, 0.15) is 0 Å². The van der Waals surface area contributed by atoms with E-state index in [-0.39, 0.29) is 18.3 Å². The van der Waals surface area contributed by atoms with Gasteiger partial charge in [-0.25, -0.2) is 0 Å². The molecule has 2 aliphatic rings. The fraction of sp³-hybridized carbons (Fsp3) is 0.381. The molecule has 0 radical (unpaired) electrons. The molecule has 0 spiro atoms. The van der Waals surface area contributed by atoms with Crippen molar-refractivity contribution < 1.29 is 9.90 Å². The Hall–Kier alpha value is -1.68. The summed E-state index contributed by atoms with van der Waals surface area (Å²) in [7, 11) is 0. The zero-order chi connectivity index (χ0) is 17.5. The van der Waals surface area contributed by atoms with Crippen LogP contribution in [0.2, 0.25) is 5.02 Å². The van der Waals surface area contributed by atoms with E-state index >= 15 is 0 Å². The lowest BCUT2D eigenvalue weighted by Gasteiger charge is -2.35. The second kappa shape index (κ2) is 6.24. The first-order valence-corrected chi connectivity index (χ1v) is 9.18. The highest BCUT2D eigenvalue weighted by Gasteiger charge is 2.61. The average molecular weight is 356 g/mol. The molecule has 1 heterocycles. The Morgan fingerprint density at radius 2 is 1.80 bits per heavy atom. The molecule has 0 amide bonds. The Kier molecular flexibility index (Phi) is 4.19. The number of benzene rings is 2. The molecule has 4 heteroatoms. The first-order valence-electron chi connectivity index (χ1n) is 8.80. The van der Waals surface area contributed by atoms with E-state index in [0.717, 1.165) is 24.0 Å². The van der Waals surface area contributed by atoms with Crippen LogP contribution >= 0.6 is 11.6 Å². The Morgan fingerprint density at radius 1 is 1.12 bits per heavy atom. The molecular weight excluding hydrogens is 334 g/mol. The van der Waals surface area contributed by atoms with Gasteiger partial charge in [0.2, 0.25) is 0 Å². The standard InChI is InChI=1S/C21H22ClNO2/c22-17-8-6-16(7-9-17)20(10-11-20)19(25)21(14-24)13-23-12-18(21)15-4-2-1-3-5-15/h1-9,18,23-24H,10-14H2/t18-,21+/m1/s1. The van der Waals surface area contributed by atoms with Crippen molar-refractivity contribution in [1.29, 1.82) is 0 Å². The summed E-state index contributed by atoms with van der Waals surface area (Å²) in [5.74, 6) is 0.166. The summed E-state index contributed by atoms with van der Waals surface area (Å²) in [5.41, 5.74) is 0.902. The van der Waals surface area contributed by atoms with E-state index in [9.17, 15) is 9.90 Å². The van der Waals surface area contributed by atoms with E-state index < -0.39 is 10.8 Å². The first-order chi connectivity index (χ1) is 12.1. The molecule has 4 rings (SSSR count). The lowest BCUT2D eigenvalue weighted by molar-refractivity contribution is -0.133. The topological polar surface area (TPSA) is 49.3 Å². The molecule has 2 atom stereocenters. The summed E-state index contributed by atoms with van der Waals surface area (Å²) in [6.45, 7) is 1.11. The maximum atomic E-state index is 13.7. The van der Waals surface area contributed by atoms with Gasteiger partial charge in [-0.15, -0.1) is 0 Å². The smallest absolute Gasteiger partial charge is 0.153 e. The van der Waals surface area contributed by atoms with Gasteiger partial charge in [-0.3, -0.25) is 4.79 Å². The number of ketones is 1. The average Bonchev–Trinajstić information content (AvgIpc) is 3.34. The van der Waals surface area contributed by atoms with Crippen LogP contribution in [0.1, 0.15) is 29.9 Å². The van der Waals surface area contributed by atoms with Crippen LogP contribution in [0.4, 0.5) is 0 Å². The van der Waals surface area contributed by atoms with Crippen LogP contribution in [0.3, 0.4) is 0 Å². The van der Waals surface area contributed by atoms with Gasteiger partial charge in [0, 0.05) is 24.0 Å². The van der Waals surface area contributed by atoms with Crippen molar-refractivity contribution in [3.05, 3.63) is 70.7 Å². The zero-order valence-corrected chi connectivity index (χ0v) is 14.8. The van der Waals surface area contributed by atoms with Crippen molar-refractivity contribution in [3.63, 3.8) is 0 Å². The van der Waals surface area contributed by atoms with Gasteiger partial charge in [-0.05, 0) is 36.1 Å². The first kappa shape index (κ1) is 16.8. The normalized spacial score (nSPS) is 27.2. The maximum Gasteiger partial charge on any atom is 0.153 e. The molecule has 0 aromatic heterocycles. The summed E-state index contributed by atoms with van der Waals surface area (Å²) < 4.78 is 0. The molecule has 25 heavy (non-hydrogen) atoms. The molecule has 2 aromatic rings. The van der Waals surface area contributed by atoms with Crippen LogP contribution in [0.15, 0.2) is 54.6 Å². The predicted octanol–water partition coefficient (Wildman–Crippen LogP) is 3.31. The fourth-order valence-corrected chi connectivity index (χ4v) is 4.50. The molecule has 2 fully saturated rings. The number of carbonyl (C=O) groups excluding carboxylic acids is 1. The number of nitrogens with one attached hydrogen (secondary N) is 1. The monoisotopic (exact) mass is 355 g/mol. The summed E-state index contributed by atoms with van der Waals surface area (Å²) >= 11 is 6.01. The van der Waals surface area contributed by atoms with Crippen molar-refractivity contribution >= 4 is 17.4 Å². The quantitative estimate of drug-likeness (QED) is 0.865. The number of rotatable bonds is 5. The van der Waals surface area contributed by atoms with Crippen LogP contribution in [-0.2, 0) is 10.2 Å². The second-order valence-electron chi connectivity index (χ2n) is 7.33. The Balaban J connectivity index is 1.72. The van der Waals surface area contributed by atoms with Gasteiger partial charge < -0.3 is 10.4 Å². The van der Waals surface area contributed by atoms with E-state index in [1.807, 2.05) is 42.5 Å². The SMILES string of the molecule is O=C(C1(c2ccc(Cl)cc2)CC1)[C@]1(CO)CNC[C@@H]1c1ccccc1. The Morgan fingerprint density at radius 3 is 2.40 bits per heavy atom. The second-order valence-corrected chi connectivity index (χ2v) is 7.76. The summed E-state index contributed by atoms with van der Waals surface area (Å²) in [5, 5.41) is 14.3. The third-order valence-electron chi connectivity index (χ3n) is 5.97. The minimum Gasteiger partial charge on any atom is -0.395 e. The van der Waals surface area contributed by atoms with Gasteiger partial charge in [0.15, 0.2) is 5.78 Å². The Labute approximate surface area is 153 Å². The summed E-state index contributed by atoms with van der Waals surface area (Å²) in [6.07, 6.45) is 1.69. The number of hydrogen-bond donors (Lipinski definition) is 2. The van der Waals surface area contributed by atoms with Gasteiger partial charge >= 0.3 is 0 Å². The van der Waals surface area contributed by atoms with Crippen LogP contribution in [0.5, 0.6) is 0 Å². The van der Waals surface area contributed by atoms with E-state index in [1.165, 1.54) is 0 Å². The van der Waals surface area contributed by atoms with Crippen LogP contribution in [-0.4, -0.2) is 30.6 Å². The molecular formula is C21H22ClNO2. The van der Waals surface area contributed by atoms with Crippen LogP contribution in [0, 0.1) is 5.41 Å². The van der Waals surface area contributed by atoms with Crippen molar-refractivity contribution in [1.82, 2.24) is 5.32 Å². The zero-order valence-electron chi connectivity index (χ0n) is 14.0. The van der Waals surface area contributed by atoms with Crippen LogP contribution in [0.25, 0.3) is 0 Å². The van der Waals surface area contributed by atoms with E-state index in [2.05, 4.69) is 17.4 Å². The number of Topliss-reactive ketones (excluding diaryl/α,β-unsaturated/α-hetero) is 1. The third-order valence-corrected chi connectivity index (χ3v) is 6.23. The molecule has 3 nitrogen and oxygen atoms in total. The van der Waals surface area contributed by atoms with Gasteiger partial charge in [-0.2, -0.15) is 0 Å². The third kappa shape index (κ3) is 2.62. The molecule has 2 N–H and O–H groups in total. The summed E-state index contributed by atoms with van der Waals surface area (Å²) in [6, 6.07) is 17.7. The minimum atomic E-state index is -0.766. The lowest BCUT2D eigenvalue weighted by atomic mass is 9.66. The molecule has 0 bridgehead atoms. The fourth-order valence-electron chi connectivity index (χ4n) is 4.37. The predicted molar refractivity (Wildman–Crippen MR) is 98.9 cm³/mol. The van der Waals surface area contributed by atoms with E-state index in [1.54, 1.807) is 0 Å². The Bertz CT molecular complexity index is 770. The van der Waals surface area contributed by atoms with Gasteiger partial charge in [0.05, 0.1) is 17.4 Å². The molecule has 1 aliphatic heterocycles. The van der Waals surface area contributed by atoms with Gasteiger partial charge in [-0.1, -0.05) is 54.1 Å². The molecule has 130 valence electrons. The highest BCUT2D eigenvalue weighted by molar-refractivity contribution is 6.30. The van der Waals surface area contributed by atoms with Crippen molar-refractivity contribution in [2.45, 2.75) is 24.2 Å². The minimum absolute atomic E-state index is 0.00373. The number of halogens is 1. The van der Waals surface area contributed by atoms with Gasteiger partial charge in [0.25, 0.3) is 0 Å². The largest absolute Gasteiger partial charge is 0.395 e. The van der Waals surface area contributed by atoms with E-state index in [4.69, 9.17) is 11.6 Å². The lowest BCUT2D eigenvalue weighted by Crippen LogP contribution is -2.46. The number of aliphatic hydroxyl groups excluding tert-OH is 1. The molecule has 1 saturated heterocycles. The van der Waals surface area contributed by atoms with Crippen molar-refractivity contribution in [2.24, 2.45) is 5.41 Å². The molecule has 1 aliphatic carbocycles. The van der Waals surface area contributed by atoms with E-state index in [0.29, 0.717) is 18.1 Å². The number of hydrogen-bond acceptors (Lipinski definition) is 3. The highest BCUT2D eigenvalue weighted by atomic mass is 35.5. The maximum absolute atomic E-state index is 13.7. The highest BCUT2D eigenvalue weighted by Crippen LogP contribution is 2.56. The van der Waals surface area contributed by atoms with Crippen molar-refractivity contribution in [2.75, 3.05) is 19.7 Å². The molecule has 2 aromatic carbocycles. The molecule has 1 saturated carbocycles.